The van der Waals surface area contributed by atoms with Gasteiger partial charge in [0.2, 0.25) is 0 Å². The zero-order valence-corrected chi connectivity index (χ0v) is 6.46. The van der Waals surface area contributed by atoms with E-state index in [1.165, 1.54) is 5.56 Å². The molecule has 11 heavy (non-hydrogen) atoms. The van der Waals surface area contributed by atoms with Crippen molar-refractivity contribution in [2.24, 2.45) is 0 Å². The van der Waals surface area contributed by atoms with E-state index in [2.05, 4.69) is 19.1 Å². The normalized spacial score (nSPS) is 14.3. The van der Waals surface area contributed by atoms with Crippen molar-refractivity contribution in [1.82, 2.24) is 0 Å². The smallest absolute Gasteiger partial charge is 0.171 e. The van der Waals surface area contributed by atoms with Gasteiger partial charge in [0.05, 0.1) is 0 Å². The van der Waals surface area contributed by atoms with E-state index in [1.807, 2.05) is 6.07 Å². The standard InChI is InChI=1S/C9H10O2/c1-2-7-3-4-8-6-10-11-9(8)5-7/h3-5H,2,6H2,1H3. The van der Waals surface area contributed by atoms with Crippen LogP contribution in [0.5, 0.6) is 5.75 Å². The molecule has 0 bridgehead atoms. The number of fused-ring (bicyclic) bond motifs is 1. The summed E-state index contributed by atoms with van der Waals surface area (Å²) in [6, 6.07) is 6.19. The monoisotopic (exact) mass is 150 g/mol. The van der Waals surface area contributed by atoms with E-state index in [9.17, 15) is 0 Å². The summed E-state index contributed by atoms with van der Waals surface area (Å²) >= 11 is 0. The fourth-order valence-corrected chi connectivity index (χ4v) is 1.17. The fraction of sp³-hybridized carbons (Fsp3) is 0.333. The second-order valence-corrected chi connectivity index (χ2v) is 2.64. The van der Waals surface area contributed by atoms with Crippen LogP contribution in [0.4, 0.5) is 0 Å². The molecule has 2 heteroatoms. The molecule has 0 aromatic heterocycles. The van der Waals surface area contributed by atoms with Crippen molar-refractivity contribution in [2.75, 3.05) is 0 Å². The molecule has 0 atom stereocenters. The maximum Gasteiger partial charge on any atom is 0.171 e. The Balaban J connectivity index is 2.41. The molecular formula is C9H10O2. The SMILES string of the molecule is CCc1ccc2c(c1)OOC2. The van der Waals surface area contributed by atoms with E-state index in [1.54, 1.807) is 0 Å². The summed E-state index contributed by atoms with van der Waals surface area (Å²) in [6.07, 6.45) is 1.04. The number of aryl methyl sites for hydroxylation is 1. The average Bonchev–Trinajstić information content (AvgIpc) is 2.50. The molecule has 1 aliphatic rings. The molecule has 1 aromatic rings. The van der Waals surface area contributed by atoms with Crippen LogP contribution in [0.1, 0.15) is 18.1 Å². The highest BCUT2D eigenvalue weighted by Crippen LogP contribution is 2.26. The van der Waals surface area contributed by atoms with Gasteiger partial charge in [-0.25, -0.2) is 0 Å². The minimum atomic E-state index is 0.583. The van der Waals surface area contributed by atoms with Gasteiger partial charge in [0.25, 0.3) is 0 Å². The predicted molar refractivity (Wildman–Crippen MR) is 41.2 cm³/mol. The second-order valence-electron chi connectivity index (χ2n) is 2.64. The molecule has 0 aliphatic carbocycles. The van der Waals surface area contributed by atoms with Crippen molar-refractivity contribution >= 4 is 0 Å². The Morgan fingerprint density at radius 3 is 3.18 bits per heavy atom. The minimum absolute atomic E-state index is 0.583. The van der Waals surface area contributed by atoms with Crippen LogP contribution in [0.15, 0.2) is 18.2 Å². The quantitative estimate of drug-likeness (QED) is 0.570. The maximum atomic E-state index is 4.94. The first-order chi connectivity index (χ1) is 5.40. The molecule has 0 amide bonds. The van der Waals surface area contributed by atoms with Crippen molar-refractivity contribution in [3.05, 3.63) is 29.3 Å². The lowest BCUT2D eigenvalue weighted by Crippen LogP contribution is -1.83. The summed E-state index contributed by atoms with van der Waals surface area (Å²) in [4.78, 5) is 9.76. The first-order valence-electron chi connectivity index (χ1n) is 3.81. The van der Waals surface area contributed by atoms with Gasteiger partial charge < -0.3 is 4.89 Å². The van der Waals surface area contributed by atoms with Crippen molar-refractivity contribution in [3.8, 4) is 5.75 Å². The van der Waals surface area contributed by atoms with Crippen molar-refractivity contribution in [2.45, 2.75) is 20.0 Å². The lowest BCUT2D eigenvalue weighted by atomic mass is 10.1. The molecule has 0 N–H and O–H groups in total. The Hall–Kier alpha value is -1.02. The van der Waals surface area contributed by atoms with Crippen LogP contribution in [-0.4, -0.2) is 0 Å². The molecule has 0 saturated heterocycles. The zero-order valence-electron chi connectivity index (χ0n) is 6.46. The van der Waals surface area contributed by atoms with Crippen LogP contribution in [0.3, 0.4) is 0 Å². The fourth-order valence-electron chi connectivity index (χ4n) is 1.17. The van der Waals surface area contributed by atoms with Crippen LogP contribution in [0, 0.1) is 0 Å². The molecule has 0 spiro atoms. The third-order valence-corrected chi connectivity index (χ3v) is 1.90. The van der Waals surface area contributed by atoms with Gasteiger partial charge in [0, 0.05) is 5.56 Å². The van der Waals surface area contributed by atoms with E-state index in [-0.39, 0.29) is 0 Å². The first kappa shape index (κ1) is 6.68. The minimum Gasteiger partial charge on any atom is -0.337 e. The number of hydrogen-bond acceptors (Lipinski definition) is 2. The van der Waals surface area contributed by atoms with Gasteiger partial charge in [-0.3, -0.25) is 0 Å². The van der Waals surface area contributed by atoms with Gasteiger partial charge in [-0.2, -0.15) is 4.89 Å². The zero-order chi connectivity index (χ0) is 7.68. The van der Waals surface area contributed by atoms with Gasteiger partial charge in [-0.05, 0) is 18.1 Å². The van der Waals surface area contributed by atoms with E-state index in [4.69, 9.17) is 9.78 Å². The summed E-state index contributed by atoms with van der Waals surface area (Å²) in [6.45, 7) is 2.71. The highest BCUT2D eigenvalue weighted by molar-refractivity contribution is 5.38. The molecule has 58 valence electrons. The Labute approximate surface area is 65.7 Å². The summed E-state index contributed by atoms with van der Waals surface area (Å²) in [7, 11) is 0. The van der Waals surface area contributed by atoms with Crippen LogP contribution in [0.2, 0.25) is 0 Å². The molecule has 0 radical (unpaired) electrons. The molecule has 2 rings (SSSR count). The van der Waals surface area contributed by atoms with Gasteiger partial charge in [0.15, 0.2) is 5.75 Å². The Morgan fingerprint density at radius 2 is 2.36 bits per heavy atom. The third kappa shape index (κ3) is 1.10. The average molecular weight is 150 g/mol. The summed E-state index contributed by atoms with van der Waals surface area (Å²) in [5.41, 5.74) is 2.43. The van der Waals surface area contributed by atoms with Crippen LogP contribution in [-0.2, 0) is 17.9 Å². The molecule has 2 nitrogen and oxygen atoms in total. The second kappa shape index (κ2) is 2.55. The number of hydrogen-bond donors (Lipinski definition) is 0. The summed E-state index contributed by atoms with van der Waals surface area (Å²) in [5.74, 6) is 0.879. The van der Waals surface area contributed by atoms with Gasteiger partial charge in [-0.1, -0.05) is 19.1 Å². The lowest BCUT2D eigenvalue weighted by Gasteiger charge is -1.97. The van der Waals surface area contributed by atoms with Crippen LogP contribution >= 0.6 is 0 Å². The Morgan fingerprint density at radius 1 is 1.45 bits per heavy atom. The molecule has 0 fully saturated rings. The maximum absolute atomic E-state index is 4.94. The highest BCUT2D eigenvalue weighted by atomic mass is 17.2. The van der Waals surface area contributed by atoms with Gasteiger partial charge in [0.1, 0.15) is 6.61 Å². The number of rotatable bonds is 1. The Kier molecular flexibility index (Phi) is 1.55. The molecule has 0 unspecified atom stereocenters. The number of benzene rings is 1. The van der Waals surface area contributed by atoms with E-state index >= 15 is 0 Å². The van der Waals surface area contributed by atoms with Crippen LogP contribution in [0.25, 0.3) is 0 Å². The van der Waals surface area contributed by atoms with Gasteiger partial charge >= 0.3 is 0 Å². The van der Waals surface area contributed by atoms with E-state index < -0.39 is 0 Å². The molecule has 1 heterocycles. The molecule has 1 aromatic carbocycles. The first-order valence-corrected chi connectivity index (χ1v) is 3.81. The molecule has 1 aliphatic heterocycles. The molecule has 0 saturated carbocycles. The topological polar surface area (TPSA) is 18.5 Å². The van der Waals surface area contributed by atoms with E-state index in [0.717, 1.165) is 17.7 Å². The van der Waals surface area contributed by atoms with Crippen LogP contribution < -0.4 is 4.89 Å². The van der Waals surface area contributed by atoms with Crippen molar-refractivity contribution < 1.29 is 9.78 Å². The summed E-state index contributed by atoms with van der Waals surface area (Å²) < 4.78 is 0. The lowest BCUT2D eigenvalue weighted by molar-refractivity contribution is -0.194. The van der Waals surface area contributed by atoms with Crippen molar-refractivity contribution in [3.63, 3.8) is 0 Å². The largest absolute Gasteiger partial charge is 0.337 e. The third-order valence-electron chi connectivity index (χ3n) is 1.90. The van der Waals surface area contributed by atoms with Gasteiger partial charge in [-0.15, -0.1) is 0 Å². The van der Waals surface area contributed by atoms with Crippen molar-refractivity contribution in [1.29, 1.82) is 0 Å². The highest BCUT2D eigenvalue weighted by Gasteiger charge is 2.12. The Bertz CT molecular complexity index is 268. The summed E-state index contributed by atoms with van der Waals surface area (Å²) in [5, 5.41) is 0. The predicted octanol–water partition coefficient (Wildman–Crippen LogP) is 2.07. The van der Waals surface area contributed by atoms with E-state index in [0.29, 0.717) is 6.61 Å². The molecular weight excluding hydrogens is 140 g/mol.